The fourth-order valence-corrected chi connectivity index (χ4v) is 3.55. The zero-order valence-electron chi connectivity index (χ0n) is 23.3. The molecule has 0 saturated heterocycles. The van der Waals surface area contributed by atoms with Gasteiger partial charge >= 0.3 is 17.8 Å². The maximum atomic E-state index is 12.2. The van der Waals surface area contributed by atoms with Gasteiger partial charge in [0.05, 0.1) is 26.1 Å². The SMILES string of the molecule is CCCCC/C=C\C/C=C\C/C=C\CCCCCOC(=O)CCC(=O)OCCC(=O)C1(C)N=CC([N+](=O)[O-])=N1. The Hall–Kier alpha value is -3.43. The van der Waals surface area contributed by atoms with Crippen molar-refractivity contribution in [3.63, 3.8) is 0 Å². The third kappa shape index (κ3) is 16.2. The number of ketones is 1. The van der Waals surface area contributed by atoms with Crippen LogP contribution < -0.4 is 0 Å². The lowest BCUT2D eigenvalue weighted by molar-refractivity contribution is -0.345. The largest absolute Gasteiger partial charge is 0.466 e. The van der Waals surface area contributed by atoms with Crippen LogP contribution in [-0.2, 0) is 23.9 Å². The van der Waals surface area contributed by atoms with Crippen LogP contribution in [0, 0.1) is 10.1 Å². The molecule has 0 aromatic heterocycles. The molecule has 1 aliphatic heterocycles. The molecule has 1 aliphatic rings. The number of unbranched alkanes of at least 4 members (excludes halogenated alkanes) is 6. The number of rotatable bonds is 21. The Morgan fingerprint density at radius 2 is 1.41 bits per heavy atom. The summed E-state index contributed by atoms with van der Waals surface area (Å²) in [7, 11) is 0. The van der Waals surface area contributed by atoms with Gasteiger partial charge in [-0.3, -0.25) is 14.4 Å². The molecule has 0 fully saturated rings. The van der Waals surface area contributed by atoms with Gasteiger partial charge in [0.2, 0.25) is 5.78 Å². The molecule has 10 heteroatoms. The molecule has 0 saturated carbocycles. The third-order valence-corrected chi connectivity index (χ3v) is 5.90. The Bertz CT molecular complexity index is 937. The van der Waals surface area contributed by atoms with Gasteiger partial charge in [-0.1, -0.05) is 56.2 Å². The highest BCUT2D eigenvalue weighted by atomic mass is 16.6. The molecule has 0 radical (unpaired) electrons. The first-order chi connectivity index (χ1) is 18.8. The van der Waals surface area contributed by atoms with Gasteiger partial charge in [0.25, 0.3) is 5.66 Å². The van der Waals surface area contributed by atoms with E-state index in [-0.39, 0.29) is 25.9 Å². The molecule has 10 nitrogen and oxygen atoms in total. The minimum absolute atomic E-state index is 0.101. The normalized spacial score (nSPS) is 16.8. The number of amidine groups is 1. The second-order valence-electron chi connectivity index (χ2n) is 9.35. The van der Waals surface area contributed by atoms with Gasteiger partial charge in [0.15, 0.2) is 0 Å². The van der Waals surface area contributed by atoms with Crippen molar-refractivity contribution in [1.29, 1.82) is 0 Å². The average Bonchev–Trinajstić information content (AvgIpc) is 3.33. The summed E-state index contributed by atoms with van der Waals surface area (Å²) in [5.74, 6) is -2.10. The fourth-order valence-electron chi connectivity index (χ4n) is 3.55. The average molecular weight is 546 g/mol. The monoisotopic (exact) mass is 545 g/mol. The quantitative estimate of drug-likeness (QED) is 0.0577. The Morgan fingerprint density at radius 1 is 0.846 bits per heavy atom. The minimum Gasteiger partial charge on any atom is -0.466 e. The standard InChI is InChI=1S/C29H43N3O7/c1-3-4-5-6-7-8-9-10-11-12-13-14-15-16-17-18-22-38-27(34)19-20-28(35)39-23-21-25(33)29(2)30-24-26(31-29)32(36)37/h7-8,10-11,13-14,24H,3-6,9,12,15-23H2,1-2H3/b8-7-,11-10-,14-13-. The van der Waals surface area contributed by atoms with Gasteiger partial charge in [0.1, 0.15) is 6.21 Å². The molecule has 0 bridgehead atoms. The summed E-state index contributed by atoms with van der Waals surface area (Å²) >= 11 is 0. The molecule has 0 amide bonds. The first kappa shape index (κ1) is 33.6. The Balaban J connectivity index is 1.99. The Morgan fingerprint density at radius 3 is 1.97 bits per heavy atom. The predicted octanol–water partition coefficient (Wildman–Crippen LogP) is 5.88. The molecule has 216 valence electrons. The van der Waals surface area contributed by atoms with E-state index >= 15 is 0 Å². The summed E-state index contributed by atoms with van der Waals surface area (Å²) in [5.41, 5.74) is -1.57. The van der Waals surface area contributed by atoms with E-state index in [0.717, 1.165) is 44.7 Å². The van der Waals surface area contributed by atoms with Crippen LogP contribution in [0.25, 0.3) is 0 Å². The van der Waals surface area contributed by atoms with Crippen LogP contribution in [0.15, 0.2) is 46.4 Å². The minimum atomic E-state index is -1.57. The van der Waals surface area contributed by atoms with Crippen LogP contribution in [0.4, 0.5) is 0 Å². The highest BCUT2D eigenvalue weighted by molar-refractivity contribution is 6.28. The topological polar surface area (TPSA) is 138 Å². The molecule has 1 heterocycles. The molecule has 1 unspecified atom stereocenters. The van der Waals surface area contributed by atoms with Crippen molar-refractivity contribution in [3.8, 4) is 0 Å². The number of ether oxygens (including phenoxy) is 2. The summed E-state index contributed by atoms with van der Waals surface area (Å²) in [6.07, 6.45) is 24.3. The van der Waals surface area contributed by atoms with Crippen molar-refractivity contribution in [2.75, 3.05) is 13.2 Å². The molecule has 0 aromatic carbocycles. The molecule has 0 N–H and O–H groups in total. The molecule has 1 atom stereocenters. The first-order valence-corrected chi connectivity index (χ1v) is 13.9. The number of nitro groups is 1. The lowest BCUT2D eigenvalue weighted by Crippen LogP contribution is -2.31. The Labute approximate surface area is 231 Å². The van der Waals surface area contributed by atoms with Gasteiger partial charge in [-0.05, 0) is 61.3 Å². The third-order valence-electron chi connectivity index (χ3n) is 5.90. The number of allylic oxidation sites excluding steroid dienone is 6. The zero-order chi connectivity index (χ0) is 28.8. The van der Waals surface area contributed by atoms with Crippen LogP contribution in [0.1, 0.15) is 97.3 Å². The van der Waals surface area contributed by atoms with Crippen LogP contribution in [0.3, 0.4) is 0 Å². The number of Topliss-reactive ketones (excluding diaryl/α,β-unsaturated/α-hetero) is 1. The second-order valence-corrected chi connectivity index (χ2v) is 9.35. The summed E-state index contributed by atoms with van der Waals surface area (Å²) in [5, 5.41) is 10.7. The summed E-state index contributed by atoms with van der Waals surface area (Å²) < 4.78 is 10.1. The molecular weight excluding hydrogens is 502 g/mol. The van der Waals surface area contributed by atoms with E-state index in [1.807, 2.05) is 0 Å². The second kappa shape index (κ2) is 20.5. The molecule has 0 aromatic rings. The highest BCUT2D eigenvalue weighted by Crippen LogP contribution is 2.20. The van der Waals surface area contributed by atoms with E-state index in [4.69, 9.17) is 9.47 Å². The molecular formula is C29H43N3O7. The number of nitrogens with zero attached hydrogens (tertiary/aromatic N) is 3. The lowest BCUT2D eigenvalue weighted by atomic mass is 10.1. The predicted molar refractivity (Wildman–Crippen MR) is 151 cm³/mol. The van der Waals surface area contributed by atoms with Crippen molar-refractivity contribution in [1.82, 2.24) is 0 Å². The van der Waals surface area contributed by atoms with Crippen molar-refractivity contribution in [2.45, 2.75) is 103 Å². The van der Waals surface area contributed by atoms with Crippen molar-refractivity contribution < 1.29 is 28.8 Å². The number of esters is 2. The zero-order valence-corrected chi connectivity index (χ0v) is 23.3. The summed E-state index contributed by atoms with van der Waals surface area (Å²) in [4.78, 5) is 53.3. The van der Waals surface area contributed by atoms with Crippen LogP contribution in [0.2, 0.25) is 0 Å². The maximum Gasteiger partial charge on any atom is 0.379 e. The smallest absolute Gasteiger partial charge is 0.379 e. The van der Waals surface area contributed by atoms with E-state index in [2.05, 4.69) is 53.4 Å². The van der Waals surface area contributed by atoms with E-state index in [1.54, 1.807) is 0 Å². The molecule has 1 rings (SSSR count). The van der Waals surface area contributed by atoms with Crippen LogP contribution in [0.5, 0.6) is 0 Å². The number of aliphatic imine (C=N–C) groups is 2. The van der Waals surface area contributed by atoms with Crippen LogP contribution >= 0.6 is 0 Å². The van der Waals surface area contributed by atoms with E-state index in [9.17, 15) is 24.5 Å². The summed E-state index contributed by atoms with van der Waals surface area (Å²) in [6, 6.07) is 0. The number of carbonyl (C=O) groups excluding carboxylic acids is 3. The first-order valence-electron chi connectivity index (χ1n) is 13.9. The molecule has 39 heavy (non-hydrogen) atoms. The van der Waals surface area contributed by atoms with Gasteiger partial charge in [-0.15, -0.1) is 0 Å². The van der Waals surface area contributed by atoms with Gasteiger partial charge < -0.3 is 19.6 Å². The number of carbonyl (C=O) groups is 3. The molecule has 0 spiro atoms. The van der Waals surface area contributed by atoms with Gasteiger partial charge in [0, 0.05) is 13.3 Å². The van der Waals surface area contributed by atoms with Gasteiger partial charge in [-0.2, -0.15) is 0 Å². The van der Waals surface area contributed by atoms with E-state index < -0.39 is 34.1 Å². The van der Waals surface area contributed by atoms with E-state index in [0.29, 0.717) is 6.61 Å². The number of hydrogen-bond acceptors (Lipinski definition) is 9. The number of hydrogen-bond donors (Lipinski definition) is 0. The Kier molecular flexibility index (Phi) is 17.7. The van der Waals surface area contributed by atoms with Crippen molar-refractivity contribution in [3.05, 3.63) is 46.6 Å². The summed E-state index contributed by atoms with van der Waals surface area (Å²) in [6.45, 7) is 3.66. The van der Waals surface area contributed by atoms with Crippen molar-refractivity contribution in [2.24, 2.45) is 9.98 Å². The highest BCUT2D eigenvalue weighted by Gasteiger charge is 2.42. The molecule has 0 aliphatic carbocycles. The van der Waals surface area contributed by atoms with Crippen LogP contribution in [-0.4, -0.2) is 53.6 Å². The van der Waals surface area contributed by atoms with E-state index in [1.165, 1.54) is 32.6 Å². The van der Waals surface area contributed by atoms with Gasteiger partial charge in [-0.25, -0.2) is 4.99 Å². The van der Waals surface area contributed by atoms with Crippen molar-refractivity contribution >= 4 is 29.8 Å². The fraction of sp³-hybridized carbons (Fsp3) is 0.621. The lowest BCUT2D eigenvalue weighted by Gasteiger charge is -2.10. The maximum absolute atomic E-state index is 12.2.